The molecule has 0 unspecified atom stereocenters. The average molecular weight is 381 g/mol. The van der Waals surface area contributed by atoms with Gasteiger partial charge in [0.2, 0.25) is 15.9 Å². The Hall–Kier alpha value is -1.86. The number of sulfonamides is 1. The number of carbonyl (C=O) groups excluding carboxylic acids is 1. The first kappa shape index (κ1) is 20.5. The molecule has 0 saturated carbocycles. The SMILES string of the molecule is COc1ccc(S(=O)(=O)N[C@H](C)C(=O)NCCC2=CCCCC2)cc1C. The second-order valence-corrected chi connectivity index (χ2v) is 8.34. The fraction of sp³-hybridized carbons (Fsp3) is 0.526. The van der Waals surface area contributed by atoms with Crippen LogP contribution in [-0.4, -0.2) is 34.0 Å². The lowest BCUT2D eigenvalue weighted by Crippen LogP contribution is -2.45. The molecule has 0 aliphatic heterocycles. The quantitative estimate of drug-likeness (QED) is 0.679. The van der Waals surface area contributed by atoms with Crippen molar-refractivity contribution in [1.29, 1.82) is 0 Å². The number of benzene rings is 1. The van der Waals surface area contributed by atoms with Gasteiger partial charge in [-0.05, 0) is 69.7 Å². The van der Waals surface area contributed by atoms with E-state index in [0.29, 0.717) is 17.9 Å². The van der Waals surface area contributed by atoms with Gasteiger partial charge in [0.25, 0.3) is 0 Å². The summed E-state index contributed by atoms with van der Waals surface area (Å²) < 4.78 is 32.5. The summed E-state index contributed by atoms with van der Waals surface area (Å²) >= 11 is 0. The summed E-state index contributed by atoms with van der Waals surface area (Å²) in [5.74, 6) is 0.293. The minimum absolute atomic E-state index is 0.114. The Morgan fingerprint density at radius 3 is 2.69 bits per heavy atom. The number of rotatable bonds is 8. The normalized spacial score (nSPS) is 15.9. The maximum atomic E-state index is 12.5. The molecule has 0 radical (unpaired) electrons. The number of nitrogens with one attached hydrogen (secondary N) is 2. The molecule has 0 spiro atoms. The molecule has 0 saturated heterocycles. The summed E-state index contributed by atoms with van der Waals surface area (Å²) in [6.45, 7) is 3.84. The van der Waals surface area contributed by atoms with Crippen molar-refractivity contribution < 1.29 is 17.9 Å². The zero-order valence-electron chi connectivity index (χ0n) is 15.7. The van der Waals surface area contributed by atoms with Crippen LogP contribution in [0.4, 0.5) is 0 Å². The summed E-state index contributed by atoms with van der Waals surface area (Å²) in [6, 6.07) is 3.75. The van der Waals surface area contributed by atoms with Crippen LogP contribution < -0.4 is 14.8 Å². The smallest absolute Gasteiger partial charge is 0.241 e. The Morgan fingerprint density at radius 2 is 2.08 bits per heavy atom. The number of hydrogen-bond donors (Lipinski definition) is 2. The average Bonchev–Trinajstić information content (AvgIpc) is 2.62. The number of methoxy groups -OCH3 is 1. The summed E-state index contributed by atoms with van der Waals surface area (Å²) in [6.07, 6.45) is 7.71. The molecule has 0 heterocycles. The predicted octanol–water partition coefficient (Wildman–Crippen LogP) is 2.68. The molecule has 26 heavy (non-hydrogen) atoms. The standard InChI is InChI=1S/C19H28N2O4S/c1-14-13-17(9-10-18(14)25-3)26(23,24)21-15(2)19(22)20-12-11-16-7-5-4-6-8-16/h7,9-10,13,15,21H,4-6,8,11-12H2,1-3H3,(H,20,22)/t15-/m1/s1. The molecule has 2 N–H and O–H groups in total. The van der Waals surface area contributed by atoms with Crippen molar-refractivity contribution in [3.63, 3.8) is 0 Å². The lowest BCUT2D eigenvalue weighted by atomic mass is 9.97. The molecule has 1 aliphatic carbocycles. The van der Waals surface area contributed by atoms with Crippen LogP contribution in [0.25, 0.3) is 0 Å². The highest BCUT2D eigenvalue weighted by Gasteiger charge is 2.22. The number of hydrogen-bond acceptors (Lipinski definition) is 4. The van der Waals surface area contributed by atoms with Crippen molar-refractivity contribution in [3.8, 4) is 5.75 Å². The van der Waals surface area contributed by atoms with E-state index >= 15 is 0 Å². The van der Waals surface area contributed by atoms with Gasteiger partial charge in [0.1, 0.15) is 5.75 Å². The van der Waals surface area contributed by atoms with Gasteiger partial charge in [-0.1, -0.05) is 11.6 Å². The Balaban J connectivity index is 1.90. The molecular weight excluding hydrogens is 352 g/mol. The molecule has 0 aromatic heterocycles. The number of allylic oxidation sites excluding steroid dienone is 1. The van der Waals surface area contributed by atoms with Gasteiger partial charge < -0.3 is 10.1 Å². The first-order valence-corrected chi connectivity index (χ1v) is 10.4. The highest BCUT2D eigenvalue weighted by molar-refractivity contribution is 7.89. The largest absolute Gasteiger partial charge is 0.496 e. The summed E-state index contributed by atoms with van der Waals surface area (Å²) in [4.78, 5) is 12.3. The number of carbonyl (C=O) groups is 1. The first-order valence-electron chi connectivity index (χ1n) is 8.96. The molecule has 7 heteroatoms. The lowest BCUT2D eigenvalue weighted by Gasteiger charge is -2.16. The maximum Gasteiger partial charge on any atom is 0.241 e. The Kier molecular flexibility index (Phi) is 7.23. The van der Waals surface area contributed by atoms with Crippen LogP contribution in [0.3, 0.4) is 0 Å². The van der Waals surface area contributed by atoms with Crippen LogP contribution in [-0.2, 0) is 14.8 Å². The highest BCUT2D eigenvalue weighted by Crippen LogP contribution is 2.21. The van der Waals surface area contributed by atoms with E-state index < -0.39 is 16.1 Å². The topological polar surface area (TPSA) is 84.5 Å². The molecule has 1 aromatic carbocycles. The number of amides is 1. The molecule has 1 aliphatic rings. The molecule has 144 valence electrons. The fourth-order valence-corrected chi connectivity index (χ4v) is 4.29. The van der Waals surface area contributed by atoms with E-state index in [1.54, 1.807) is 19.9 Å². The van der Waals surface area contributed by atoms with Gasteiger partial charge in [-0.2, -0.15) is 4.72 Å². The summed E-state index contributed by atoms with van der Waals surface area (Å²) in [5, 5.41) is 2.81. The van der Waals surface area contributed by atoms with Gasteiger partial charge in [0.05, 0.1) is 18.0 Å². The monoisotopic (exact) mass is 380 g/mol. The Labute approximate surface area is 156 Å². The Bertz CT molecular complexity index is 772. The Morgan fingerprint density at radius 1 is 1.31 bits per heavy atom. The van der Waals surface area contributed by atoms with Crippen LogP contribution in [0.15, 0.2) is 34.7 Å². The van der Waals surface area contributed by atoms with Crippen molar-refractivity contribution in [1.82, 2.24) is 10.0 Å². The van der Waals surface area contributed by atoms with Crippen LogP contribution in [0.5, 0.6) is 5.75 Å². The van der Waals surface area contributed by atoms with E-state index in [9.17, 15) is 13.2 Å². The summed E-state index contributed by atoms with van der Waals surface area (Å²) in [7, 11) is -2.24. The zero-order valence-corrected chi connectivity index (χ0v) is 16.5. The minimum Gasteiger partial charge on any atom is -0.496 e. The van der Waals surface area contributed by atoms with Gasteiger partial charge in [-0.25, -0.2) is 8.42 Å². The number of ether oxygens (including phenoxy) is 1. The molecular formula is C19H28N2O4S. The molecule has 1 aromatic rings. The third-order valence-electron chi connectivity index (χ3n) is 4.53. The fourth-order valence-electron chi connectivity index (χ4n) is 3.00. The van der Waals surface area contributed by atoms with Gasteiger partial charge >= 0.3 is 0 Å². The van der Waals surface area contributed by atoms with Crippen molar-refractivity contribution in [3.05, 3.63) is 35.4 Å². The van der Waals surface area contributed by atoms with Gasteiger partial charge in [-0.3, -0.25) is 4.79 Å². The molecule has 6 nitrogen and oxygen atoms in total. The van der Waals surface area contributed by atoms with Gasteiger partial charge in [0, 0.05) is 6.54 Å². The van der Waals surface area contributed by atoms with E-state index in [4.69, 9.17) is 4.74 Å². The third kappa shape index (κ3) is 5.57. The first-order chi connectivity index (χ1) is 12.3. The van der Waals surface area contributed by atoms with Crippen LogP contribution in [0.2, 0.25) is 0 Å². The van der Waals surface area contributed by atoms with Crippen molar-refractivity contribution in [2.24, 2.45) is 0 Å². The molecule has 1 amide bonds. The van der Waals surface area contributed by atoms with Gasteiger partial charge in [-0.15, -0.1) is 0 Å². The van der Waals surface area contributed by atoms with Crippen molar-refractivity contribution in [2.75, 3.05) is 13.7 Å². The maximum absolute atomic E-state index is 12.5. The third-order valence-corrected chi connectivity index (χ3v) is 6.07. The van der Waals surface area contributed by atoms with Crippen LogP contribution in [0.1, 0.15) is 44.6 Å². The lowest BCUT2D eigenvalue weighted by molar-refractivity contribution is -0.122. The van der Waals surface area contributed by atoms with E-state index in [-0.39, 0.29) is 10.8 Å². The number of aryl methyl sites for hydroxylation is 1. The van der Waals surface area contributed by atoms with E-state index in [1.165, 1.54) is 37.7 Å². The van der Waals surface area contributed by atoms with Crippen molar-refractivity contribution >= 4 is 15.9 Å². The second kappa shape index (κ2) is 9.19. The minimum atomic E-state index is -3.78. The van der Waals surface area contributed by atoms with Crippen LogP contribution in [0, 0.1) is 6.92 Å². The van der Waals surface area contributed by atoms with E-state index in [1.807, 2.05) is 0 Å². The van der Waals surface area contributed by atoms with Gasteiger partial charge in [0.15, 0.2) is 0 Å². The van der Waals surface area contributed by atoms with Crippen LogP contribution >= 0.6 is 0 Å². The molecule has 0 bridgehead atoms. The van der Waals surface area contributed by atoms with Crippen molar-refractivity contribution in [2.45, 2.75) is 56.9 Å². The van der Waals surface area contributed by atoms with E-state index in [0.717, 1.165) is 19.3 Å². The van der Waals surface area contributed by atoms with E-state index in [2.05, 4.69) is 16.1 Å². The zero-order chi connectivity index (χ0) is 19.2. The molecule has 2 rings (SSSR count). The summed E-state index contributed by atoms with van der Waals surface area (Å²) in [5.41, 5.74) is 2.09. The highest BCUT2D eigenvalue weighted by atomic mass is 32.2. The predicted molar refractivity (Wildman–Crippen MR) is 102 cm³/mol. The molecule has 1 atom stereocenters. The molecule has 0 fully saturated rings. The second-order valence-electron chi connectivity index (χ2n) is 6.62.